The second kappa shape index (κ2) is 6.01. The quantitative estimate of drug-likeness (QED) is 0.533. The summed E-state index contributed by atoms with van der Waals surface area (Å²) in [6.07, 6.45) is 1.43. The largest absolute Gasteiger partial charge is 0.337 e. The van der Waals surface area contributed by atoms with Crippen LogP contribution in [0.2, 0.25) is 0 Å². The molecule has 0 saturated heterocycles. The van der Waals surface area contributed by atoms with Crippen LogP contribution in [0.25, 0.3) is 22.6 Å². The SMILES string of the molecule is Cc1ccc(-c2noc(Cn3cnc4c3c(=O)n(C)c(=O)n4C)n2)cc1F. The Morgan fingerprint density at radius 3 is 2.70 bits per heavy atom. The first-order valence-electron chi connectivity index (χ1n) is 8.07. The summed E-state index contributed by atoms with van der Waals surface area (Å²) in [4.78, 5) is 32.8. The minimum absolute atomic E-state index is 0.0886. The van der Waals surface area contributed by atoms with E-state index in [0.717, 1.165) is 4.57 Å². The third kappa shape index (κ3) is 2.65. The number of nitrogens with zero attached hydrogens (tertiary/aromatic N) is 6. The van der Waals surface area contributed by atoms with Gasteiger partial charge in [-0.05, 0) is 18.6 Å². The highest BCUT2D eigenvalue weighted by Gasteiger charge is 2.17. The predicted octanol–water partition coefficient (Wildman–Crippen LogP) is 0.980. The fourth-order valence-corrected chi connectivity index (χ4v) is 2.83. The minimum Gasteiger partial charge on any atom is -0.337 e. The number of aromatic nitrogens is 6. The van der Waals surface area contributed by atoms with Crippen LogP contribution >= 0.6 is 0 Å². The van der Waals surface area contributed by atoms with E-state index in [2.05, 4.69) is 15.1 Å². The molecule has 10 heteroatoms. The molecule has 0 atom stereocenters. The number of hydrogen-bond acceptors (Lipinski definition) is 6. The highest BCUT2D eigenvalue weighted by molar-refractivity contribution is 5.70. The lowest BCUT2D eigenvalue weighted by atomic mass is 10.1. The van der Waals surface area contributed by atoms with Crippen molar-refractivity contribution in [2.75, 3.05) is 0 Å². The third-order valence-corrected chi connectivity index (χ3v) is 4.42. The standard InChI is InChI=1S/C17H15FN6O3/c1-9-4-5-10(6-11(9)18)14-20-12(27-21-14)7-24-8-19-15-13(24)16(25)23(3)17(26)22(15)2/h4-6,8H,7H2,1-3H3. The maximum absolute atomic E-state index is 13.7. The summed E-state index contributed by atoms with van der Waals surface area (Å²) in [7, 11) is 2.94. The van der Waals surface area contributed by atoms with Gasteiger partial charge in [-0.25, -0.2) is 14.2 Å². The first-order valence-corrected chi connectivity index (χ1v) is 8.07. The third-order valence-electron chi connectivity index (χ3n) is 4.42. The molecule has 0 radical (unpaired) electrons. The Hall–Kier alpha value is -3.56. The highest BCUT2D eigenvalue weighted by Crippen LogP contribution is 2.19. The fourth-order valence-electron chi connectivity index (χ4n) is 2.83. The van der Waals surface area contributed by atoms with Gasteiger partial charge in [0, 0.05) is 19.7 Å². The van der Waals surface area contributed by atoms with E-state index >= 15 is 0 Å². The normalized spacial score (nSPS) is 11.4. The molecule has 138 valence electrons. The van der Waals surface area contributed by atoms with Crippen LogP contribution in [0.1, 0.15) is 11.5 Å². The zero-order chi connectivity index (χ0) is 19.3. The summed E-state index contributed by atoms with van der Waals surface area (Å²) in [6, 6.07) is 4.67. The molecular formula is C17H15FN6O3. The molecule has 3 heterocycles. The summed E-state index contributed by atoms with van der Waals surface area (Å²) >= 11 is 0. The van der Waals surface area contributed by atoms with Crippen molar-refractivity contribution in [1.82, 2.24) is 28.8 Å². The van der Waals surface area contributed by atoms with Crippen LogP contribution in [0.4, 0.5) is 4.39 Å². The topological polar surface area (TPSA) is 101 Å². The molecule has 0 aliphatic heterocycles. The Bertz CT molecular complexity index is 1300. The number of fused-ring (bicyclic) bond motifs is 1. The van der Waals surface area contributed by atoms with E-state index in [1.807, 2.05) is 0 Å². The van der Waals surface area contributed by atoms with Crippen LogP contribution in [0.3, 0.4) is 0 Å². The van der Waals surface area contributed by atoms with Crippen LogP contribution < -0.4 is 11.2 Å². The average Bonchev–Trinajstić information content (AvgIpc) is 3.28. The Balaban J connectivity index is 1.74. The molecule has 4 aromatic rings. The molecule has 0 N–H and O–H groups in total. The summed E-state index contributed by atoms with van der Waals surface area (Å²) in [5.41, 5.74) is 0.602. The zero-order valence-electron chi connectivity index (χ0n) is 14.8. The molecule has 27 heavy (non-hydrogen) atoms. The zero-order valence-corrected chi connectivity index (χ0v) is 14.8. The van der Waals surface area contributed by atoms with E-state index < -0.39 is 11.2 Å². The summed E-state index contributed by atoms with van der Waals surface area (Å²) < 4.78 is 22.8. The van der Waals surface area contributed by atoms with Crippen molar-refractivity contribution < 1.29 is 8.91 Å². The Labute approximate surface area is 151 Å². The number of hydrogen-bond donors (Lipinski definition) is 0. The molecular weight excluding hydrogens is 355 g/mol. The van der Waals surface area contributed by atoms with Crippen molar-refractivity contribution in [3.63, 3.8) is 0 Å². The average molecular weight is 370 g/mol. The molecule has 0 aliphatic rings. The van der Waals surface area contributed by atoms with Gasteiger partial charge in [-0.15, -0.1) is 0 Å². The van der Waals surface area contributed by atoms with Crippen LogP contribution in [0, 0.1) is 12.7 Å². The Morgan fingerprint density at radius 1 is 1.19 bits per heavy atom. The molecule has 9 nitrogen and oxygen atoms in total. The van der Waals surface area contributed by atoms with Gasteiger partial charge in [-0.2, -0.15) is 4.98 Å². The first-order chi connectivity index (χ1) is 12.9. The van der Waals surface area contributed by atoms with Crippen molar-refractivity contribution in [2.45, 2.75) is 13.5 Å². The maximum Gasteiger partial charge on any atom is 0.332 e. The van der Waals surface area contributed by atoms with Crippen LogP contribution in [0.15, 0.2) is 38.6 Å². The van der Waals surface area contributed by atoms with Crippen molar-refractivity contribution in [2.24, 2.45) is 14.1 Å². The van der Waals surface area contributed by atoms with E-state index in [1.165, 1.54) is 35.6 Å². The summed E-state index contributed by atoms with van der Waals surface area (Å²) in [5.74, 6) is 0.110. The number of rotatable bonds is 3. The van der Waals surface area contributed by atoms with E-state index in [4.69, 9.17) is 4.52 Å². The number of halogens is 1. The maximum atomic E-state index is 13.7. The number of benzene rings is 1. The Kier molecular flexibility index (Phi) is 3.76. The van der Waals surface area contributed by atoms with Crippen molar-refractivity contribution >= 4 is 11.2 Å². The number of imidazole rings is 1. The lowest BCUT2D eigenvalue weighted by molar-refractivity contribution is 0.372. The lowest BCUT2D eigenvalue weighted by Crippen LogP contribution is -2.37. The highest BCUT2D eigenvalue weighted by atomic mass is 19.1. The van der Waals surface area contributed by atoms with Gasteiger partial charge in [0.1, 0.15) is 12.4 Å². The van der Waals surface area contributed by atoms with E-state index in [9.17, 15) is 14.0 Å². The molecule has 0 saturated carbocycles. The molecule has 0 bridgehead atoms. The van der Waals surface area contributed by atoms with Crippen LogP contribution in [-0.4, -0.2) is 28.8 Å². The summed E-state index contributed by atoms with van der Waals surface area (Å²) in [6.45, 7) is 1.75. The fraction of sp³-hybridized carbons (Fsp3) is 0.235. The van der Waals surface area contributed by atoms with Crippen molar-refractivity contribution in [3.05, 3.63) is 62.6 Å². The van der Waals surface area contributed by atoms with Gasteiger partial charge in [0.25, 0.3) is 5.56 Å². The molecule has 0 spiro atoms. The van der Waals surface area contributed by atoms with E-state index in [1.54, 1.807) is 19.1 Å². The second-order valence-corrected chi connectivity index (χ2v) is 6.23. The van der Waals surface area contributed by atoms with E-state index in [-0.39, 0.29) is 35.2 Å². The van der Waals surface area contributed by atoms with Gasteiger partial charge in [-0.1, -0.05) is 17.3 Å². The van der Waals surface area contributed by atoms with Crippen LogP contribution in [0.5, 0.6) is 0 Å². The monoisotopic (exact) mass is 370 g/mol. The Morgan fingerprint density at radius 2 is 1.96 bits per heavy atom. The lowest BCUT2D eigenvalue weighted by Gasteiger charge is -2.04. The molecule has 0 unspecified atom stereocenters. The second-order valence-electron chi connectivity index (χ2n) is 6.23. The van der Waals surface area contributed by atoms with Gasteiger partial charge < -0.3 is 9.09 Å². The van der Waals surface area contributed by atoms with Gasteiger partial charge in [0.15, 0.2) is 11.2 Å². The molecule has 3 aromatic heterocycles. The van der Waals surface area contributed by atoms with Crippen LogP contribution in [-0.2, 0) is 20.6 Å². The minimum atomic E-state index is -0.467. The smallest absolute Gasteiger partial charge is 0.332 e. The van der Waals surface area contributed by atoms with Gasteiger partial charge in [0.2, 0.25) is 11.7 Å². The number of aryl methyl sites for hydroxylation is 2. The van der Waals surface area contributed by atoms with E-state index in [0.29, 0.717) is 11.1 Å². The van der Waals surface area contributed by atoms with Crippen molar-refractivity contribution in [3.8, 4) is 11.4 Å². The summed E-state index contributed by atoms with van der Waals surface area (Å²) in [5, 5.41) is 3.86. The van der Waals surface area contributed by atoms with Gasteiger partial charge >= 0.3 is 5.69 Å². The van der Waals surface area contributed by atoms with Crippen molar-refractivity contribution in [1.29, 1.82) is 0 Å². The molecule has 0 fully saturated rings. The molecule has 0 amide bonds. The van der Waals surface area contributed by atoms with Gasteiger partial charge in [0.05, 0.1) is 6.33 Å². The molecule has 0 aliphatic carbocycles. The predicted molar refractivity (Wildman–Crippen MR) is 93.7 cm³/mol. The first kappa shape index (κ1) is 16.9. The van der Waals surface area contributed by atoms with Gasteiger partial charge in [-0.3, -0.25) is 13.9 Å². The molecule has 4 rings (SSSR count). The molecule has 1 aromatic carbocycles.